The van der Waals surface area contributed by atoms with E-state index in [-0.39, 0.29) is 29.0 Å². The minimum atomic E-state index is -4.08. The highest BCUT2D eigenvalue weighted by molar-refractivity contribution is 7.89. The maximum Gasteiger partial charge on any atom is 0.243 e. The summed E-state index contributed by atoms with van der Waals surface area (Å²) in [5, 5.41) is 2.72. The summed E-state index contributed by atoms with van der Waals surface area (Å²) in [5.74, 6) is -0.470. The van der Waals surface area contributed by atoms with Crippen LogP contribution in [0.4, 0.5) is 5.69 Å². The number of carbonyl (C=O) groups excluding carboxylic acids is 1. The van der Waals surface area contributed by atoms with Crippen LogP contribution >= 0.6 is 0 Å². The van der Waals surface area contributed by atoms with Crippen LogP contribution in [0.15, 0.2) is 64.4 Å². The van der Waals surface area contributed by atoms with Crippen molar-refractivity contribution < 1.29 is 26.4 Å². The van der Waals surface area contributed by atoms with Crippen LogP contribution in [0.2, 0.25) is 0 Å². The maximum absolute atomic E-state index is 13.5. The van der Waals surface area contributed by atoms with E-state index in [2.05, 4.69) is 5.32 Å². The number of nitrogens with one attached hydrogen (secondary N) is 1. The van der Waals surface area contributed by atoms with Crippen molar-refractivity contribution in [3.8, 4) is 0 Å². The van der Waals surface area contributed by atoms with Gasteiger partial charge in [-0.25, -0.2) is 16.8 Å². The van der Waals surface area contributed by atoms with Crippen LogP contribution in [0.3, 0.4) is 0 Å². The molecule has 2 aromatic rings. The first-order chi connectivity index (χ1) is 16.8. The number of hydrogen-bond donors (Lipinski definition) is 1. The molecule has 2 saturated heterocycles. The molecule has 0 bridgehead atoms. The van der Waals surface area contributed by atoms with Crippen LogP contribution in [-0.2, 0) is 29.6 Å². The molecule has 35 heavy (non-hydrogen) atoms. The lowest BCUT2D eigenvalue weighted by Gasteiger charge is -2.26. The Kier molecular flexibility index (Phi) is 8.23. The number of benzene rings is 2. The fraction of sp³-hybridized carbons (Fsp3) is 0.458. The molecule has 0 spiro atoms. The molecule has 11 heteroatoms. The van der Waals surface area contributed by atoms with Gasteiger partial charge in [0.1, 0.15) is 0 Å². The number of para-hydroxylation sites is 1. The van der Waals surface area contributed by atoms with Crippen molar-refractivity contribution in [1.29, 1.82) is 0 Å². The van der Waals surface area contributed by atoms with Crippen molar-refractivity contribution in [2.45, 2.75) is 48.0 Å². The van der Waals surface area contributed by atoms with Gasteiger partial charge in [0.2, 0.25) is 26.0 Å². The molecule has 0 radical (unpaired) electrons. The third-order valence-electron chi connectivity index (χ3n) is 6.22. The van der Waals surface area contributed by atoms with Crippen LogP contribution in [0.5, 0.6) is 0 Å². The maximum atomic E-state index is 13.5. The molecule has 2 aromatic carbocycles. The Hall–Kier alpha value is -2.31. The molecule has 0 aliphatic carbocycles. The topological polar surface area (TPSA) is 113 Å². The molecule has 1 amide bonds. The van der Waals surface area contributed by atoms with Crippen molar-refractivity contribution in [3.05, 3.63) is 54.6 Å². The van der Waals surface area contributed by atoms with Gasteiger partial charge in [0.15, 0.2) is 0 Å². The normalized spacial score (nSPS) is 19.6. The Balaban J connectivity index is 1.54. The minimum absolute atomic E-state index is 0.0401. The highest BCUT2D eigenvalue weighted by Crippen LogP contribution is 2.24. The van der Waals surface area contributed by atoms with Gasteiger partial charge < -0.3 is 10.1 Å². The SMILES string of the molecule is O=C(CN(CC1CCCO1)S(=O)(=O)c1ccc(S(=O)(=O)N2CCCCC2)cc1)Nc1ccccc1. The Morgan fingerprint density at radius 2 is 1.57 bits per heavy atom. The Bertz CT molecular complexity index is 1210. The van der Waals surface area contributed by atoms with E-state index >= 15 is 0 Å². The predicted molar refractivity (Wildman–Crippen MR) is 132 cm³/mol. The minimum Gasteiger partial charge on any atom is -0.377 e. The zero-order valence-corrected chi connectivity index (χ0v) is 21.1. The average molecular weight is 522 g/mol. The van der Waals surface area contributed by atoms with E-state index in [1.807, 2.05) is 6.07 Å². The highest BCUT2D eigenvalue weighted by atomic mass is 32.2. The predicted octanol–water partition coefficient (Wildman–Crippen LogP) is 2.67. The summed E-state index contributed by atoms with van der Waals surface area (Å²) >= 11 is 0. The monoisotopic (exact) mass is 521 g/mol. The number of ether oxygens (including phenoxy) is 1. The molecular formula is C24H31N3O6S2. The molecule has 1 N–H and O–H groups in total. The fourth-order valence-electron chi connectivity index (χ4n) is 4.33. The van der Waals surface area contributed by atoms with Crippen LogP contribution < -0.4 is 5.32 Å². The van der Waals surface area contributed by atoms with Gasteiger partial charge in [-0.3, -0.25) is 4.79 Å². The van der Waals surface area contributed by atoms with Gasteiger partial charge in [-0.2, -0.15) is 8.61 Å². The van der Waals surface area contributed by atoms with Crippen LogP contribution in [0, 0.1) is 0 Å². The van der Waals surface area contributed by atoms with Crippen molar-refractivity contribution in [2.75, 3.05) is 38.1 Å². The number of amides is 1. The molecule has 2 heterocycles. The molecule has 9 nitrogen and oxygen atoms in total. The lowest BCUT2D eigenvalue weighted by atomic mass is 10.2. The molecular weight excluding hydrogens is 490 g/mol. The summed E-state index contributed by atoms with van der Waals surface area (Å²) in [5.41, 5.74) is 0.569. The lowest BCUT2D eigenvalue weighted by molar-refractivity contribution is -0.116. The molecule has 4 rings (SSSR count). The van der Waals surface area contributed by atoms with E-state index in [0.29, 0.717) is 31.8 Å². The standard InChI is InChI=1S/C24H31N3O6S2/c28-24(25-20-8-3-1-4-9-20)19-27(18-21-10-7-17-33-21)35(31,32)23-13-11-22(12-14-23)34(29,30)26-15-5-2-6-16-26/h1,3-4,8-9,11-14,21H,2,5-7,10,15-19H2,(H,25,28). The summed E-state index contributed by atoms with van der Waals surface area (Å²) in [7, 11) is -7.75. The Morgan fingerprint density at radius 1 is 0.914 bits per heavy atom. The summed E-state index contributed by atoms with van der Waals surface area (Å²) in [6, 6.07) is 14.0. The molecule has 2 fully saturated rings. The second kappa shape index (κ2) is 11.2. The van der Waals surface area contributed by atoms with E-state index in [1.54, 1.807) is 24.3 Å². The summed E-state index contributed by atoms with van der Waals surface area (Å²) in [4.78, 5) is 12.7. The Morgan fingerprint density at radius 3 is 2.20 bits per heavy atom. The van der Waals surface area contributed by atoms with E-state index < -0.39 is 26.0 Å². The summed E-state index contributed by atoms with van der Waals surface area (Å²) in [6.45, 7) is 1.14. The molecule has 1 unspecified atom stereocenters. The van der Waals surface area contributed by atoms with Gasteiger partial charge >= 0.3 is 0 Å². The molecule has 2 aliphatic rings. The molecule has 0 saturated carbocycles. The Labute approximate surface area is 207 Å². The van der Waals surface area contributed by atoms with Gasteiger partial charge in [0.05, 0.1) is 22.4 Å². The van der Waals surface area contributed by atoms with Crippen molar-refractivity contribution in [3.63, 3.8) is 0 Å². The first kappa shape index (κ1) is 25.8. The highest BCUT2D eigenvalue weighted by Gasteiger charge is 2.32. The van der Waals surface area contributed by atoms with Gasteiger partial charge in [-0.15, -0.1) is 0 Å². The van der Waals surface area contributed by atoms with Gasteiger partial charge in [-0.05, 0) is 62.1 Å². The zero-order chi connectivity index (χ0) is 24.9. The largest absolute Gasteiger partial charge is 0.377 e. The van der Waals surface area contributed by atoms with E-state index in [4.69, 9.17) is 4.74 Å². The molecule has 0 aromatic heterocycles. The number of anilines is 1. The quantitative estimate of drug-likeness (QED) is 0.543. The number of piperidine rings is 1. The number of hydrogen-bond acceptors (Lipinski definition) is 6. The van der Waals surface area contributed by atoms with E-state index in [1.165, 1.54) is 28.6 Å². The van der Waals surface area contributed by atoms with E-state index in [9.17, 15) is 21.6 Å². The molecule has 2 aliphatic heterocycles. The summed E-state index contributed by atoms with van der Waals surface area (Å²) in [6.07, 6.45) is 3.87. The first-order valence-electron chi connectivity index (χ1n) is 11.8. The molecule has 190 valence electrons. The second-order valence-electron chi connectivity index (χ2n) is 8.78. The van der Waals surface area contributed by atoms with Gasteiger partial charge in [-0.1, -0.05) is 24.6 Å². The van der Waals surface area contributed by atoms with Crippen LogP contribution in [0.25, 0.3) is 0 Å². The van der Waals surface area contributed by atoms with Gasteiger partial charge in [0.25, 0.3) is 0 Å². The zero-order valence-electron chi connectivity index (χ0n) is 19.5. The number of nitrogens with zero attached hydrogens (tertiary/aromatic N) is 2. The van der Waals surface area contributed by atoms with Crippen molar-refractivity contribution >= 4 is 31.6 Å². The fourth-order valence-corrected chi connectivity index (χ4v) is 7.28. The van der Waals surface area contributed by atoms with Crippen LogP contribution in [0.1, 0.15) is 32.1 Å². The second-order valence-corrected chi connectivity index (χ2v) is 12.7. The van der Waals surface area contributed by atoms with Crippen molar-refractivity contribution in [2.24, 2.45) is 0 Å². The third-order valence-corrected chi connectivity index (χ3v) is 9.96. The lowest BCUT2D eigenvalue weighted by Crippen LogP contribution is -2.42. The molecule has 1 atom stereocenters. The summed E-state index contributed by atoms with van der Waals surface area (Å²) < 4.78 is 61.0. The van der Waals surface area contributed by atoms with Gasteiger partial charge in [0, 0.05) is 31.9 Å². The third kappa shape index (κ3) is 6.28. The van der Waals surface area contributed by atoms with E-state index in [0.717, 1.165) is 30.0 Å². The van der Waals surface area contributed by atoms with Crippen molar-refractivity contribution in [1.82, 2.24) is 8.61 Å². The average Bonchev–Trinajstić information content (AvgIpc) is 3.38. The number of carbonyl (C=O) groups is 1. The first-order valence-corrected chi connectivity index (χ1v) is 14.7. The number of sulfonamides is 2. The van der Waals surface area contributed by atoms with Crippen LogP contribution in [-0.4, -0.2) is 70.2 Å². The number of rotatable bonds is 9. The smallest absolute Gasteiger partial charge is 0.243 e.